The molecule has 106 valence electrons. The third-order valence-corrected chi connectivity index (χ3v) is 2.90. The van der Waals surface area contributed by atoms with Gasteiger partial charge in [-0.25, -0.2) is 19.2 Å². The Hall–Kier alpha value is -2.72. The molecule has 0 aliphatic rings. The van der Waals surface area contributed by atoms with E-state index in [0.717, 1.165) is 6.20 Å². The van der Waals surface area contributed by atoms with Crippen molar-refractivity contribution >= 4 is 29.2 Å². The second kappa shape index (κ2) is 6.15. The molecular weight excluding hydrogens is 299 g/mol. The summed E-state index contributed by atoms with van der Waals surface area (Å²) in [5, 5.41) is 20.8. The zero-order valence-electron chi connectivity index (χ0n) is 10.5. The minimum absolute atomic E-state index is 0.0267. The summed E-state index contributed by atoms with van der Waals surface area (Å²) in [4.78, 5) is 18.4. The third kappa shape index (κ3) is 3.24. The Morgan fingerprint density at radius 1 is 1.52 bits per heavy atom. The molecule has 0 amide bonds. The van der Waals surface area contributed by atoms with E-state index in [4.69, 9.17) is 22.0 Å². The van der Waals surface area contributed by atoms with Gasteiger partial charge in [0.25, 0.3) is 0 Å². The Balaban J connectivity index is 2.32. The van der Waals surface area contributed by atoms with Crippen LogP contribution in [0.25, 0.3) is 0 Å². The Kier molecular flexibility index (Phi) is 4.30. The smallest absolute Gasteiger partial charge is 0.339 e. The molecule has 0 atom stereocenters. The zero-order chi connectivity index (χ0) is 15.4. The number of anilines is 2. The fourth-order valence-electron chi connectivity index (χ4n) is 1.58. The normalized spacial score (nSPS) is 9.95. The lowest BCUT2D eigenvalue weighted by molar-refractivity contribution is 0.0693. The molecule has 6 nitrogen and oxygen atoms in total. The van der Waals surface area contributed by atoms with E-state index in [1.807, 2.05) is 6.07 Å². The van der Waals surface area contributed by atoms with Crippen LogP contribution in [0.4, 0.5) is 16.0 Å². The predicted molar refractivity (Wildman–Crippen MR) is 73.3 cm³/mol. The van der Waals surface area contributed by atoms with Crippen molar-refractivity contribution in [2.45, 2.75) is 6.67 Å². The van der Waals surface area contributed by atoms with Gasteiger partial charge in [-0.1, -0.05) is 11.6 Å². The number of aromatic nitrogens is 2. The number of rotatable bonds is 4. The summed E-state index contributed by atoms with van der Waals surface area (Å²) in [6.45, 7) is -1.02. The van der Waals surface area contributed by atoms with Gasteiger partial charge in [0, 0.05) is 11.9 Å². The molecule has 1 aromatic carbocycles. The maximum atomic E-state index is 12.8. The lowest BCUT2D eigenvalue weighted by Crippen LogP contribution is -2.08. The number of nitrogens with zero attached hydrogens (tertiary/aromatic N) is 3. The summed E-state index contributed by atoms with van der Waals surface area (Å²) in [6.07, 6.45) is 1.02. The highest BCUT2D eigenvalue weighted by molar-refractivity contribution is 6.31. The summed E-state index contributed by atoms with van der Waals surface area (Å²) >= 11 is 5.81. The minimum atomic E-state index is -1.30. The van der Waals surface area contributed by atoms with Gasteiger partial charge < -0.3 is 10.4 Å². The van der Waals surface area contributed by atoms with Gasteiger partial charge in [0.1, 0.15) is 18.3 Å². The van der Waals surface area contributed by atoms with Crippen LogP contribution in [0.15, 0.2) is 24.4 Å². The fraction of sp³-hybridized carbons (Fsp3) is 0.0769. The van der Waals surface area contributed by atoms with E-state index in [-0.39, 0.29) is 22.8 Å². The first kappa shape index (κ1) is 14.7. The van der Waals surface area contributed by atoms with E-state index in [1.165, 1.54) is 12.1 Å². The summed E-state index contributed by atoms with van der Waals surface area (Å²) in [5.74, 6) is -1.27. The quantitative estimate of drug-likeness (QED) is 0.901. The molecule has 21 heavy (non-hydrogen) atoms. The Bertz CT molecular complexity index is 745. The number of hydrogen-bond donors (Lipinski definition) is 2. The number of hydrogen-bond acceptors (Lipinski definition) is 5. The number of carboxylic acids is 1. The lowest BCUT2D eigenvalue weighted by atomic mass is 10.2. The molecule has 0 radical (unpaired) electrons. The van der Waals surface area contributed by atoms with E-state index in [1.54, 1.807) is 6.07 Å². The van der Waals surface area contributed by atoms with Gasteiger partial charge in [0.2, 0.25) is 5.95 Å². The lowest BCUT2D eigenvalue weighted by Gasteiger charge is -2.08. The number of aromatic carboxylic acids is 1. The zero-order valence-corrected chi connectivity index (χ0v) is 11.2. The van der Waals surface area contributed by atoms with Crippen LogP contribution < -0.4 is 5.32 Å². The van der Waals surface area contributed by atoms with E-state index >= 15 is 0 Å². The van der Waals surface area contributed by atoms with Gasteiger partial charge in [-0.15, -0.1) is 0 Å². The molecule has 0 spiro atoms. The number of alkyl halides is 1. The third-order valence-electron chi connectivity index (χ3n) is 2.57. The van der Waals surface area contributed by atoms with Crippen LogP contribution in [-0.4, -0.2) is 21.0 Å². The van der Waals surface area contributed by atoms with Crippen molar-refractivity contribution in [1.29, 1.82) is 5.26 Å². The van der Waals surface area contributed by atoms with Crippen LogP contribution in [0.3, 0.4) is 0 Å². The SMILES string of the molecule is N#Cc1cc(Nc2ncc(C(=O)O)c(CF)n2)ccc1Cl. The van der Waals surface area contributed by atoms with Gasteiger partial charge in [-0.2, -0.15) is 5.26 Å². The summed E-state index contributed by atoms with van der Waals surface area (Å²) < 4.78 is 12.8. The largest absolute Gasteiger partial charge is 0.478 e. The molecule has 8 heteroatoms. The highest BCUT2D eigenvalue weighted by atomic mass is 35.5. The van der Waals surface area contributed by atoms with Crippen LogP contribution >= 0.6 is 11.6 Å². The average Bonchev–Trinajstić information content (AvgIpc) is 2.48. The topological polar surface area (TPSA) is 98.9 Å². The van der Waals surface area contributed by atoms with Crippen LogP contribution in [-0.2, 0) is 6.67 Å². The maximum Gasteiger partial charge on any atom is 0.339 e. The number of carbonyl (C=O) groups is 1. The summed E-state index contributed by atoms with van der Waals surface area (Å²) in [5.41, 5.74) is 0.213. The second-order valence-corrected chi connectivity index (χ2v) is 4.33. The molecule has 0 aliphatic heterocycles. The minimum Gasteiger partial charge on any atom is -0.478 e. The first-order valence-corrected chi connectivity index (χ1v) is 6.04. The van der Waals surface area contributed by atoms with E-state index in [2.05, 4.69) is 15.3 Å². The Labute approximate surface area is 123 Å². The van der Waals surface area contributed by atoms with Crippen molar-refractivity contribution in [2.24, 2.45) is 0 Å². The van der Waals surface area contributed by atoms with Crippen molar-refractivity contribution in [1.82, 2.24) is 9.97 Å². The van der Waals surface area contributed by atoms with Crippen LogP contribution in [0.5, 0.6) is 0 Å². The van der Waals surface area contributed by atoms with Crippen LogP contribution in [0, 0.1) is 11.3 Å². The fourth-order valence-corrected chi connectivity index (χ4v) is 1.74. The van der Waals surface area contributed by atoms with Crippen molar-refractivity contribution in [3.63, 3.8) is 0 Å². The standard InChI is InChI=1S/C13H8ClFN4O2/c14-10-2-1-8(3-7(10)5-16)18-13-17-6-9(12(20)21)11(4-15)19-13/h1-3,6H,4H2,(H,20,21)(H,17,18,19). The monoisotopic (exact) mass is 306 g/mol. The molecule has 0 unspecified atom stereocenters. The number of nitriles is 1. The van der Waals surface area contributed by atoms with Crippen LogP contribution in [0.1, 0.15) is 21.6 Å². The first-order chi connectivity index (χ1) is 10.0. The van der Waals surface area contributed by atoms with Gasteiger partial charge >= 0.3 is 5.97 Å². The van der Waals surface area contributed by atoms with Gasteiger partial charge in [-0.3, -0.25) is 0 Å². The van der Waals surface area contributed by atoms with E-state index in [9.17, 15) is 9.18 Å². The average molecular weight is 307 g/mol. The number of halogens is 2. The molecule has 0 aliphatic carbocycles. The Morgan fingerprint density at radius 3 is 2.90 bits per heavy atom. The number of carboxylic acid groups (broad SMARTS) is 1. The van der Waals surface area contributed by atoms with Crippen molar-refractivity contribution in [3.8, 4) is 6.07 Å². The summed E-state index contributed by atoms with van der Waals surface area (Å²) in [7, 11) is 0. The highest BCUT2D eigenvalue weighted by Gasteiger charge is 2.13. The number of benzene rings is 1. The molecule has 0 fully saturated rings. The molecule has 0 saturated heterocycles. The molecular formula is C13H8ClFN4O2. The molecule has 1 heterocycles. The predicted octanol–water partition coefficient (Wildman–Crippen LogP) is 2.91. The highest BCUT2D eigenvalue weighted by Crippen LogP contribution is 2.22. The summed E-state index contributed by atoms with van der Waals surface area (Å²) in [6, 6.07) is 6.50. The maximum absolute atomic E-state index is 12.8. The van der Waals surface area contributed by atoms with E-state index < -0.39 is 12.6 Å². The Morgan fingerprint density at radius 2 is 2.29 bits per heavy atom. The first-order valence-electron chi connectivity index (χ1n) is 5.67. The van der Waals surface area contributed by atoms with Crippen molar-refractivity contribution in [3.05, 3.63) is 46.2 Å². The molecule has 1 aromatic heterocycles. The molecule has 0 bridgehead atoms. The molecule has 0 saturated carbocycles. The van der Waals surface area contributed by atoms with Gasteiger partial charge in [0.05, 0.1) is 16.3 Å². The molecule has 2 aromatic rings. The van der Waals surface area contributed by atoms with Crippen LogP contribution in [0.2, 0.25) is 5.02 Å². The van der Waals surface area contributed by atoms with Gasteiger partial charge in [-0.05, 0) is 18.2 Å². The van der Waals surface area contributed by atoms with Gasteiger partial charge in [0.15, 0.2) is 0 Å². The van der Waals surface area contributed by atoms with Crippen molar-refractivity contribution in [2.75, 3.05) is 5.32 Å². The molecule has 2 N–H and O–H groups in total. The van der Waals surface area contributed by atoms with Crippen molar-refractivity contribution < 1.29 is 14.3 Å². The van der Waals surface area contributed by atoms with E-state index in [0.29, 0.717) is 10.7 Å². The second-order valence-electron chi connectivity index (χ2n) is 3.92. The number of nitrogens with one attached hydrogen (secondary N) is 1. The molecule has 2 rings (SSSR count).